The number of hydrogen-bond donors (Lipinski definition) is 1. The molecule has 0 saturated heterocycles. The summed E-state index contributed by atoms with van der Waals surface area (Å²) in [5.41, 5.74) is 0.784. The van der Waals surface area contributed by atoms with E-state index in [2.05, 4.69) is 23.7 Å². The molecule has 1 heterocycles. The number of carboxylic acids is 1. The molecule has 1 aliphatic rings. The number of methoxy groups -OCH3 is 1. The van der Waals surface area contributed by atoms with Gasteiger partial charge in [0.25, 0.3) is 0 Å². The molecule has 6 heteroatoms. The van der Waals surface area contributed by atoms with Gasteiger partial charge in [-0.3, -0.25) is 4.79 Å². The van der Waals surface area contributed by atoms with Crippen LogP contribution in [-0.4, -0.2) is 42.4 Å². The zero-order chi connectivity index (χ0) is 14.7. The SMILES string of the molecule is COCCN(c1nc2c(s1)CCCC2C(=O)O)C(C)C. The van der Waals surface area contributed by atoms with Gasteiger partial charge in [0.1, 0.15) is 5.92 Å². The Morgan fingerprint density at radius 1 is 1.60 bits per heavy atom. The average Bonchev–Trinajstić information content (AvgIpc) is 2.81. The average molecular weight is 298 g/mol. The zero-order valence-corrected chi connectivity index (χ0v) is 13.1. The highest BCUT2D eigenvalue weighted by molar-refractivity contribution is 7.15. The number of nitrogens with zero attached hydrogens (tertiary/aromatic N) is 2. The molecule has 20 heavy (non-hydrogen) atoms. The van der Waals surface area contributed by atoms with Gasteiger partial charge in [0.05, 0.1) is 12.3 Å². The third-order valence-corrected chi connectivity index (χ3v) is 4.81. The van der Waals surface area contributed by atoms with E-state index in [1.807, 2.05) is 0 Å². The Hall–Kier alpha value is -1.14. The van der Waals surface area contributed by atoms with Crippen molar-refractivity contribution in [2.75, 3.05) is 25.2 Å². The third-order valence-electron chi connectivity index (χ3n) is 3.65. The van der Waals surface area contributed by atoms with Gasteiger partial charge in [0.2, 0.25) is 0 Å². The van der Waals surface area contributed by atoms with Gasteiger partial charge in [0.15, 0.2) is 5.13 Å². The number of rotatable bonds is 6. The molecule has 5 nitrogen and oxygen atoms in total. The lowest BCUT2D eigenvalue weighted by Gasteiger charge is -2.25. The van der Waals surface area contributed by atoms with E-state index >= 15 is 0 Å². The van der Waals surface area contributed by atoms with Crippen molar-refractivity contribution < 1.29 is 14.6 Å². The lowest BCUT2D eigenvalue weighted by Crippen LogP contribution is -2.33. The maximum Gasteiger partial charge on any atom is 0.312 e. The van der Waals surface area contributed by atoms with E-state index in [1.54, 1.807) is 18.4 Å². The van der Waals surface area contributed by atoms with Crippen molar-refractivity contribution in [2.45, 2.75) is 45.1 Å². The Kier molecular flexibility index (Phi) is 4.99. The second kappa shape index (κ2) is 6.54. The van der Waals surface area contributed by atoms with Crippen molar-refractivity contribution in [2.24, 2.45) is 0 Å². The monoisotopic (exact) mass is 298 g/mol. The summed E-state index contributed by atoms with van der Waals surface area (Å²) < 4.78 is 5.15. The fraction of sp³-hybridized carbons (Fsp3) is 0.714. The molecule has 1 N–H and O–H groups in total. The van der Waals surface area contributed by atoms with E-state index in [-0.39, 0.29) is 0 Å². The second-order valence-electron chi connectivity index (χ2n) is 5.37. The van der Waals surface area contributed by atoms with Crippen molar-refractivity contribution in [3.8, 4) is 0 Å². The first-order valence-corrected chi connectivity index (χ1v) is 7.84. The molecule has 0 spiro atoms. The van der Waals surface area contributed by atoms with E-state index < -0.39 is 11.9 Å². The van der Waals surface area contributed by atoms with Crippen molar-refractivity contribution in [3.63, 3.8) is 0 Å². The number of aliphatic carboxylic acids is 1. The number of anilines is 1. The summed E-state index contributed by atoms with van der Waals surface area (Å²) in [6.07, 6.45) is 2.59. The summed E-state index contributed by atoms with van der Waals surface area (Å²) in [4.78, 5) is 19.3. The summed E-state index contributed by atoms with van der Waals surface area (Å²) in [6.45, 7) is 5.65. The molecular formula is C14H22N2O3S. The van der Waals surface area contributed by atoms with Crippen LogP contribution in [-0.2, 0) is 16.0 Å². The van der Waals surface area contributed by atoms with Crippen LogP contribution in [0.1, 0.15) is 43.2 Å². The van der Waals surface area contributed by atoms with Gasteiger partial charge in [-0.15, -0.1) is 11.3 Å². The molecule has 0 radical (unpaired) electrons. The van der Waals surface area contributed by atoms with Crippen LogP contribution in [0.25, 0.3) is 0 Å². The van der Waals surface area contributed by atoms with E-state index in [0.29, 0.717) is 19.1 Å². The molecule has 1 aromatic heterocycles. The minimum atomic E-state index is -0.754. The first-order valence-electron chi connectivity index (χ1n) is 7.02. The number of hydrogen-bond acceptors (Lipinski definition) is 5. The molecule has 0 saturated carbocycles. The fourth-order valence-electron chi connectivity index (χ4n) is 2.53. The predicted molar refractivity (Wildman–Crippen MR) is 79.8 cm³/mol. The predicted octanol–water partition coefficient (Wildman–Crippen LogP) is 2.51. The number of ether oxygens (including phenoxy) is 1. The van der Waals surface area contributed by atoms with Crippen LogP contribution in [0.5, 0.6) is 0 Å². The summed E-state index contributed by atoms with van der Waals surface area (Å²) in [6, 6.07) is 0.320. The van der Waals surface area contributed by atoms with E-state index in [1.165, 1.54) is 0 Å². The molecule has 112 valence electrons. The van der Waals surface area contributed by atoms with Crippen molar-refractivity contribution in [3.05, 3.63) is 10.6 Å². The van der Waals surface area contributed by atoms with Crippen molar-refractivity contribution in [1.29, 1.82) is 0 Å². The van der Waals surface area contributed by atoms with E-state index in [9.17, 15) is 9.90 Å². The molecule has 0 bridgehead atoms. The summed E-state index contributed by atoms with van der Waals surface area (Å²) in [5.74, 6) is -1.18. The van der Waals surface area contributed by atoms with Crippen LogP contribution < -0.4 is 4.90 Å². The number of aryl methyl sites for hydroxylation is 1. The van der Waals surface area contributed by atoms with Crippen LogP contribution in [0.15, 0.2) is 0 Å². The van der Waals surface area contributed by atoms with Gasteiger partial charge in [-0.1, -0.05) is 0 Å². The van der Waals surface area contributed by atoms with Crippen LogP contribution in [0, 0.1) is 0 Å². The Balaban J connectivity index is 2.27. The van der Waals surface area contributed by atoms with Crippen LogP contribution >= 0.6 is 11.3 Å². The molecule has 1 aliphatic carbocycles. The molecule has 1 aromatic rings. The van der Waals surface area contributed by atoms with Crippen LogP contribution in [0.3, 0.4) is 0 Å². The van der Waals surface area contributed by atoms with E-state index in [0.717, 1.165) is 35.1 Å². The maximum absolute atomic E-state index is 11.3. The molecule has 0 fully saturated rings. The lowest BCUT2D eigenvalue weighted by molar-refractivity contribution is -0.139. The lowest BCUT2D eigenvalue weighted by atomic mass is 9.91. The highest BCUT2D eigenvalue weighted by Crippen LogP contribution is 2.38. The molecule has 0 aromatic carbocycles. The number of aromatic nitrogens is 1. The standard InChI is InChI=1S/C14H22N2O3S/c1-9(2)16(7-8-19-3)14-15-12-10(13(17)18)5-4-6-11(12)20-14/h9-10H,4-8H2,1-3H3,(H,17,18). The number of carboxylic acid groups (broad SMARTS) is 1. The van der Waals surface area contributed by atoms with Gasteiger partial charge >= 0.3 is 5.97 Å². The topological polar surface area (TPSA) is 62.7 Å². The normalized spacial score (nSPS) is 18.1. The quantitative estimate of drug-likeness (QED) is 0.874. The minimum Gasteiger partial charge on any atom is -0.481 e. The molecular weight excluding hydrogens is 276 g/mol. The van der Waals surface area contributed by atoms with Crippen molar-refractivity contribution in [1.82, 2.24) is 4.98 Å². The zero-order valence-electron chi connectivity index (χ0n) is 12.3. The molecule has 0 amide bonds. The number of fused-ring (bicyclic) bond motifs is 1. The third kappa shape index (κ3) is 3.12. The summed E-state index contributed by atoms with van der Waals surface area (Å²) >= 11 is 1.64. The van der Waals surface area contributed by atoms with Crippen LogP contribution in [0.4, 0.5) is 5.13 Å². The van der Waals surface area contributed by atoms with Crippen LogP contribution in [0.2, 0.25) is 0 Å². The Morgan fingerprint density at radius 3 is 2.95 bits per heavy atom. The molecule has 1 unspecified atom stereocenters. The van der Waals surface area contributed by atoms with E-state index in [4.69, 9.17) is 4.74 Å². The Bertz CT molecular complexity index is 473. The summed E-state index contributed by atoms with van der Waals surface area (Å²) in [7, 11) is 1.69. The Labute approximate surface area is 123 Å². The number of thiazole rings is 1. The smallest absolute Gasteiger partial charge is 0.312 e. The molecule has 1 atom stereocenters. The molecule has 0 aliphatic heterocycles. The van der Waals surface area contributed by atoms with Gasteiger partial charge in [-0.2, -0.15) is 0 Å². The maximum atomic E-state index is 11.3. The Morgan fingerprint density at radius 2 is 2.35 bits per heavy atom. The first-order chi connectivity index (χ1) is 9.54. The minimum absolute atomic E-state index is 0.320. The number of carbonyl (C=O) groups is 1. The first kappa shape index (κ1) is 15.3. The highest BCUT2D eigenvalue weighted by Gasteiger charge is 2.31. The molecule has 2 rings (SSSR count). The fourth-order valence-corrected chi connectivity index (χ4v) is 3.86. The second-order valence-corrected chi connectivity index (χ2v) is 6.43. The highest BCUT2D eigenvalue weighted by atomic mass is 32.1. The van der Waals surface area contributed by atoms with Gasteiger partial charge < -0.3 is 14.7 Å². The van der Waals surface area contributed by atoms with Gasteiger partial charge in [-0.05, 0) is 33.1 Å². The van der Waals surface area contributed by atoms with Gasteiger partial charge in [0, 0.05) is 24.6 Å². The summed E-state index contributed by atoms with van der Waals surface area (Å²) in [5, 5.41) is 10.2. The van der Waals surface area contributed by atoms with Crippen molar-refractivity contribution >= 4 is 22.4 Å². The van der Waals surface area contributed by atoms with Gasteiger partial charge in [-0.25, -0.2) is 4.98 Å². The largest absolute Gasteiger partial charge is 0.481 e.